The van der Waals surface area contributed by atoms with Gasteiger partial charge in [-0.05, 0) is 23.1 Å². The molecular formula is C21H22N4O3. The van der Waals surface area contributed by atoms with Gasteiger partial charge in [-0.25, -0.2) is 9.59 Å². The maximum atomic E-state index is 12.7. The molecule has 0 aliphatic carbocycles. The molecule has 28 heavy (non-hydrogen) atoms. The van der Waals surface area contributed by atoms with Crippen molar-refractivity contribution in [1.82, 2.24) is 20.9 Å². The molecule has 0 aromatic heterocycles. The largest absolute Gasteiger partial charge is 0.330 e. The number of hydrogen-bond acceptors (Lipinski definition) is 3. The molecule has 0 spiro atoms. The number of benzene rings is 2. The lowest BCUT2D eigenvalue weighted by Crippen LogP contribution is -2.71. The van der Waals surface area contributed by atoms with Gasteiger partial charge in [-0.2, -0.15) is 0 Å². The summed E-state index contributed by atoms with van der Waals surface area (Å²) in [6.45, 7) is 2.36. The summed E-state index contributed by atoms with van der Waals surface area (Å²) in [5, 5.41) is 8.06. The van der Waals surface area contributed by atoms with Crippen LogP contribution in [0.15, 0.2) is 54.6 Å². The number of amides is 5. The fourth-order valence-electron chi connectivity index (χ4n) is 3.83. The lowest BCUT2D eigenvalue weighted by Gasteiger charge is -2.46. The van der Waals surface area contributed by atoms with Crippen LogP contribution < -0.4 is 16.0 Å². The molecule has 2 aromatic rings. The van der Waals surface area contributed by atoms with E-state index in [2.05, 4.69) is 22.9 Å². The van der Waals surface area contributed by atoms with E-state index in [0.29, 0.717) is 6.54 Å². The first-order chi connectivity index (χ1) is 13.6. The van der Waals surface area contributed by atoms with Gasteiger partial charge >= 0.3 is 12.1 Å². The zero-order valence-electron chi connectivity index (χ0n) is 15.5. The van der Waals surface area contributed by atoms with Crippen LogP contribution in [-0.4, -0.2) is 29.0 Å². The van der Waals surface area contributed by atoms with E-state index in [0.717, 1.165) is 17.5 Å². The lowest BCUT2D eigenvalue weighted by atomic mass is 9.85. The van der Waals surface area contributed by atoms with Crippen LogP contribution in [0.25, 0.3) is 0 Å². The monoisotopic (exact) mass is 378 g/mol. The summed E-state index contributed by atoms with van der Waals surface area (Å²) >= 11 is 0. The Morgan fingerprint density at radius 1 is 0.893 bits per heavy atom. The highest BCUT2D eigenvalue weighted by molar-refractivity contribution is 6.00. The second kappa shape index (κ2) is 7.34. The van der Waals surface area contributed by atoms with Gasteiger partial charge in [0.25, 0.3) is 0 Å². The highest BCUT2D eigenvalue weighted by atomic mass is 16.2. The Kier molecular flexibility index (Phi) is 4.73. The van der Waals surface area contributed by atoms with Gasteiger partial charge in [0.15, 0.2) is 0 Å². The van der Waals surface area contributed by atoms with Crippen molar-refractivity contribution in [3.63, 3.8) is 0 Å². The number of urea groups is 2. The number of imide groups is 1. The Labute approximate surface area is 163 Å². The number of rotatable bonds is 4. The molecule has 2 aliphatic heterocycles. The van der Waals surface area contributed by atoms with Crippen molar-refractivity contribution in [1.29, 1.82) is 0 Å². The average Bonchev–Trinajstić information content (AvgIpc) is 2.71. The zero-order chi connectivity index (χ0) is 19.7. The normalized spacial score (nSPS) is 24.1. The van der Waals surface area contributed by atoms with Crippen LogP contribution in [0.2, 0.25) is 0 Å². The predicted octanol–water partition coefficient (Wildman–Crippen LogP) is 2.30. The summed E-state index contributed by atoms with van der Waals surface area (Å²) in [5.41, 5.74) is 2.93. The van der Waals surface area contributed by atoms with E-state index in [4.69, 9.17) is 0 Å². The van der Waals surface area contributed by atoms with E-state index in [-0.39, 0.29) is 0 Å². The highest BCUT2D eigenvalue weighted by Gasteiger charge is 2.49. The second-order valence-corrected chi connectivity index (χ2v) is 7.07. The third-order valence-electron chi connectivity index (χ3n) is 5.34. The van der Waals surface area contributed by atoms with E-state index in [1.54, 1.807) is 0 Å². The van der Waals surface area contributed by atoms with Crippen molar-refractivity contribution >= 4 is 18.0 Å². The molecule has 3 unspecified atom stereocenters. The van der Waals surface area contributed by atoms with Gasteiger partial charge < -0.3 is 10.6 Å². The Morgan fingerprint density at radius 3 is 2.29 bits per heavy atom. The minimum absolute atomic E-state index is 0.295. The maximum Gasteiger partial charge on any atom is 0.326 e. The van der Waals surface area contributed by atoms with Crippen molar-refractivity contribution < 1.29 is 14.4 Å². The first-order valence-corrected chi connectivity index (χ1v) is 9.38. The van der Waals surface area contributed by atoms with Crippen LogP contribution in [-0.2, 0) is 17.8 Å². The number of fused-ring (bicyclic) bond motifs is 1. The van der Waals surface area contributed by atoms with Crippen LogP contribution in [0.5, 0.6) is 0 Å². The Balaban J connectivity index is 1.67. The quantitative estimate of drug-likeness (QED) is 0.762. The molecule has 2 saturated heterocycles. The van der Waals surface area contributed by atoms with E-state index < -0.39 is 36.1 Å². The van der Waals surface area contributed by atoms with Crippen LogP contribution in [0.3, 0.4) is 0 Å². The third-order valence-corrected chi connectivity index (χ3v) is 5.34. The molecule has 3 atom stereocenters. The summed E-state index contributed by atoms with van der Waals surface area (Å²) in [5.74, 6) is -1.03. The predicted molar refractivity (Wildman–Crippen MR) is 103 cm³/mol. The molecule has 2 heterocycles. The molecule has 2 aromatic carbocycles. The maximum absolute atomic E-state index is 12.7. The van der Waals surface area contributed by atoms with Gasteiger partial charge in [0.1, 0.15) is 12.1 Å². The van der Waals surface area contributed by atoms with E-state index in [9.17, 15) is 14.4 Å². The molecule has 2 aliphatic rings. The number of carbonyl (C=O) groups excluding carboxylic acids is 3. The molecule has 7 nitrogen and oxygen atoms in total. The Morgan fingerprint density at radius 2 is 1.61 bits per heavy atom. The number of nitrogens with zero attached hydrogens (tertiary/aromatic N) is 1. The summed E-state index contributed by atoms with van der Waals surface area (Å²) < 4.78 is 0. The summed E-state index contributed by atoms with van der Waals surface area (Å²) in [6.07, 6.45) is 0.191. The van der Waals surface area contributed by atoms with Crippen molar-refractivity contribution in [3.05, 3.63) is 71.3 Å². The van der Waals surface area contributed by atoms with Crippen molar-refractivity contribution in [2.45, 2.75) is 32.1 Å². The molecular weight excluding hydrogens is 356 g/mol. The fraction of sp³-hybridized carbons (Fsp3) is 0.286. The zero-order valence-corrected chi connectivity index (χ0v) is 15.5. The lowest BCUT2D eigenvalue weighted by molar-refractivity contribution is -0.130. The Hall–Kier alpha value is -3.35. The van der Waals surface area contributed by atoms with Crippen LogP contribution in [0.1, 0.15) is 29.7 Å². The van der Waals surface area contributed by atoms with E-state index >= 15 is 0 Å². The van der Waals surface area contributed by atoms with E-state index in [1.807, 2.05) is 54.6 Å². The topological polar surface area (TPSA) is 90.5 Å². The molecule has 7 heteroatoms. The van der Waals surface area contributed by atoms with Crippen LogP contribution in [0.4, 0.5) is 9.59 Å². The second-order valence-electron chi connectivity index (χ2n) is 7.07. The van der Waals surface area contributed by atoms with Crippen molar-refractivity contribution in [3.8, 4) is 0 Å². The molecule has 5 amide bonds. The minimum atomic E-state index is -0.717. The first kappa shape index (κ1) is 18.0. The van der Waals surface area contributed by atoms with Crippen molar-refractivity contribution in [2.75, 3.05) is 0 Å². The molecule has 144 valence electrons. The highest BCUT2D eigenvalue weighted by Crippen LogP contribution is 2.32. The SMILES string of the molecule is CCc1ccc(C2NC(=O)NC3C2C(=O)NC(=O)N3Cc2ccccc2)cc1. The standard InChI is InChI=1S/C21H22N4O3/c1-2-13-8-10-15(11-9-13)17-16-18(23-20(27)22-17)25(21(28)24-19(16)26)12-14-6-4-3-5-7-14/h3-11,16-18H,2,12H2,1H3,(H2,22,23,27)(H,24,26,28). The van der Waals surface area contributed by atoms with Crippen LogP contribution >= 0.6 is 0 Å². The third kappa shape index (κ3) is 3.31. The molecule has 3 N–H and O–H groups in total. The molecule has 0 radical (unpaired) electrons. The summed E-state index contributed by atoms with van der Waals surface area (Å²) in [6, 6.07) is 15.9. The van der Waals surface area contributed by atoms with Crippen LogP contribution in [0, 0.1) is 5.92 Å². The van der Waals surface area contributed by atoms with Crippen molar-refractivity contribution in [2.24, 2.45) is 5.92 Å². The van der Waals surface area contributed by atoms with Gasteiger partial charge in [-0.1, -0.05) is 61.5 Å². The molecule has 2 fully saturated rings. The summed E-state index contributed by atoms with van der Waals surface area (Å²) in [4.78, 5) is 39.1. The van der Waals surface area contributed by atoms with Gasteiger partial charge in [0, 0.05) is 6.54 Å². The number of carbonyl (C=O) groups is 3. The molecule has 0 bridgehead atoms. The molecule has 0 saturated carbocycles. The van der Waals surface area contributed by atoms with E-state index in [1.165, 1.54) is 10.5 Å². The number of aryl methyl sites for hydroxylation is 1. The Bertz CT molecular complexity index is 898. The average molecular weight is 378 g/mol. The fourth-order valence-corrected chi connectivity index (χ4v) is 3.83. The van der Waals surface area contributed by atoms with Gasteiger partial charge in [0.05, 0.1) is 6.04 Å². The van der Waals surface area contributed by atoms with Gasteiger partial charge in [-0.3, -0.25) is 15.0 Å². The minimum Gasteiger partial charge on any atom is -0.330 e. The van der Waals surface area contributed by atoms with Gasteiger partial charge in [0.2, 0.25) is 5.91 Å². The summed E-state index contributed by atoms with van der Waals surface area (Å²) in [7, 11) is 0. The van der Waals surface area contributed by atoms with Gasteiger partial charge in [-0.15, -0.1) is 0 Å². The number of hydrogen-bond donors (Lipinski definition) is 3. The smallest absolute Gasteiger partial charge is 0.326 e. The first-order valence-electron chi connectivity index (χ1n) is 9.38. The number of nitrogens with one attached hydrogen (secondary N) is 3. The molecule has 4 rings (SSSR count).